The van der Waals surface area contributed by atoms with E-state index in [2.05, 4.69) is 10.6 Å². The van der Waals surface area contributed by atoms with Crippen LogP contribution in [-0.2, 0) is 11.3 Å². The normalized spacial score (nSPS) is 12.3. The number of alkyl carbamates (subject to hydrolysis) is 1. The Bertz CT molecular complexity index is 796. The van der Waals surface area contributed by atoms with Crippen molar-refractivity contribution in [2.75, 3.05) is 20.6 Å². The first-order chi connectivity index (χ1) is 13.6. The van der Waals surface area contributed by atoms with Gasteiger partial charge in [0.05, 0.1) is 6.04 Å². The van der Waals surface area contributed by atoms with Crippen LogP contribution in [0.1, 0.15) is 48.3 Å². The van der Waals surface area contributed by atoms with Gasteiger partial charge in [0.25, 0.3) is 5.91 Å². The Morgan fingerprint density at radius 3 is 2.17 bits per heavy atom. The summed E-state index contributed by atoms with van der Waals surface area (Å²) in [6, 6.07) is 17.0. The number of amides is 2. The molecular weight excluding hydrogens is 366 g/mol. The number of rotatable bonds is 7. The van der Waals surface area contributed by atoms with E-state index in [1.54, 1.807) is 12.1 Å². The second kappa shape index (κ2) is 10.1. The predicted octanol–water partition coefficient (Wildman–Crippen LogP) is 3.74. The zero-order chi connectivity index (χ0) is 21.4. The lowest BCUT2D eigenvalue weighted by Crippen LogP contribution is -2.35. The molecule has 0 aliphatic heterocycles. The van der Waals surface area contributed by atoms with Crippen LogP contribution in [0, 0.1) is 0 Å². The van der Waals surface area contributed by atoms with Gasteiger partial charge in [0.2, 0.25) is 0 Å². The molecule has 1 unspecified atom stereocenters. The Morgan fingerprint density at radius 2 is 1.62 bits per heavy atom. The topological polar surface area (TPSA) is 70.7 Å². The van der Waals surface area contributed by atoms with E-state index >= 15 is 0 Å². The summed E-state index contributed by atoms with van der Waals surface area (Å²) in [7, 11) is 3.96. The van der Waals surface area contributed by atoms with Crippen molar-refractivity contribution in [2.24, 2.45) is 0 Å². The first kappa shape index (κ1) is 22.4. The fourth-order valence-electron chi connectivity index (χ4n) is 2.79. The third-order valence-corrected chi connectivity index (χ3v) is 4.11. The summed E-state index contributed by atoms with van der Waals surface area (Å²) in [5.74, 6) is -0.132. The molecule has 0 fully saturated rings. The van der Waals surface area contributed by atoms with Gasteiger partial charge in [0, 0.05) is 18.7 Å². The molecule has 2 amide bonds. The maximum Gasteiger partial charge on any atom is 0.407 e. The highest BCUT2D eigenvalue weighted by Crippen LogP contribution is 2.15. The Balaban J connectivity index is 1.97. The van der Waals surface area contributed by atoms with Gasteiger partial charge in [-0.3, -0.25) is 4.79 Å². The number of nitrogens with one attached hydrogen (secondary N) is 2. The Kier molecular flexibility index (Phi) is 7.79. The first-order valence-electron chi connectivity index (χ1n) is 9.70. The number of carbonyl (C=O) groups is 2. The second-order valence-electron chi connectivity index (χ2n) is 8.25. The van der Waals surface area contributed by atoms with Crippen molar-refractivity contribution in [3.63, 3.8) is 0 Å². The molecule has 156 valence electrons. The number of nitrogens with zero attached hydrogens (tertiary/aromatic N) is 1. The van der Waals surface area contributed by atoms with Crippen molar-refractivity contribution >= 4 is 12.0 Å². The van der Waals surface area contributed by atoms with Crippen LogP contribution >= 0.6 is 0 Å². The van der Waals surface area contributed by atoms with Crippen LogP contribution in [0.15, 0.2) is 54.6 Å². The minimum Gasteiger partial charge on any atom is -0.444 e. The summed E-state index contributed by atoms with van der Waals surface area (Å²) in [6.07, 6.45) is -0.464. The fraction of sp³-hybridized carbons (Fsp3) is 0.391. The van der Waals surface area contributed by atoms with E-state index in [1.165, 1.54) is 0 Å². The lowest BCUT2D eigenvalue weighted by molar-refractivity contribution is 0.0523. The number of carbonyl (C=O) groups excluding carboxylic acids is 2. The van der Waals surface area contributed by atoms with Crippen molar-refractivity contribution in [3.05, 3.63) is 71.3 Å². The van der Waals surface area contributed by atoms with Crippen molar-refractivity contribution in [1.29, 1.82) is 0 Å². The summed E-state index contributed by atoms with van der Waals surface area (Å²) in [5.41, 5.74) is 1.99. The first-order valence-corrected chi connectivity index (χ1v) is 9.70. The van der Waals surface area contributed by atoms with Crippen LogP contribution in [0.5, 0.6) is 0 Å². The largest absolute Gasteiger partial charge is 0.444 e. The smallest absolute Gasteiger partial charge is 0.407 e. The summed E-state index contributed by atoms with van der Waals surface area (Å²) < 4.78 is 5.22. The summed E-state index contributed by atoms with van der Waals surface area (Å²) in [5, 5.41) is 5.82. The molecule has 0 heterocycles. The second-order valence-corrected chi connectivity index (χ2v) is 8.25. The Hall–Kier alpha value is -2.86. The molecule has 1 atom stereocenters. The van der Waals surface area contributed by atoms with Gasteiger partial charge in [0.15, 0.2) is 0 Å². The average molecular weight is 398 g/mol. The summed E-state index contributed by atoms with van der Waals surface area (Å²) >= 11 is 0. The maximum absolute atomic E-state index is 12.7. The molecule has 0 aliphatic carbocycles. The fourth-order valence-corrected chi connectivity index (χ4v) is 2.79. The van der Waals surface area contributed by atoms with E-state index in [-0.39, 0.29) is 11.9 Å². The molecule has 2 aromatic rings. The highest BCUT2D eigenvalue weighted by molar-refractivity contribution is 5.94. The minimum atomic E-state index is -0.534. The minimum absolute atomic E-state index is 0.104. The molecule has 0 aromatic heterocycles. The van der Waals surface area contributed by atoms with E-state index in [4.69, 9.17) is 4.74 Å². The van der Waals surface area contributed by atoms with Crippen LogP contribution < -0.4 is 10.6 Å². The molecule has 2 rings (SSSR count). The van der Waals surface area contributed by atoms with Gasteiger partial charge in [0.1, 0.15) is 5.60 Å². The number of hydrogen-bond acceptors (Lipinski definition) is 4. The van der Waals surface area contributed by atoms with Crippen LogP contribution in [0.4, 0.5) is 4.79 Å². The van der Waals surface area contributed by atoms with Gasteiger partial charge in [-0.2, -0.15) is 0 Å². The van der Waals surface area contributed by atoms with Gasteiger partial charge < -0.3 is 20.3 Å². The lowest BCUT2D eigenvalue weighted by Gasteiger charge is -2.23. The van der Waals surface area contributed by atoms with Gasteiger partial charge >= 0.3 is 6.09 Å². The third-order valence-electron chi connectivity index (χ3n) is 4.11. The monoisotopic (exact) mass is 397 g/mol. The third kappa shape index (κ3) is 7.95. The number of likely N-dealkylation sites (N-methyl/N-ethyl adjacent to an activating group) is 1. The zero-order valence-corrected chi connectivity index (χ0v) is 17.9. The molecule has 6 heteroatoms. The Labute approximate surface area is 173 Å². The molecule has 0 saturated carbocycles. The van der Waals surface area contributed by atoms with Crippen molar-refractivity contribution in [1.82, 2.24) is 15.5 Å². The SMILES string of the molecule is CN(C)CC(NC(=O)c1ccc(CNC(=O)OC(C)(C)C)cc1)c1ccccc1. The molecular formula is C23H31N3O3. The molecule has 6 nitrogen and oxygen atoms in total. The van der Waals surface area contributed by atoms with E-state index in [1.807, 2.05) is 82.2 Å². The molecule has 0 radical (unpaired) electrons. The predicted molar refractivity (Wildman–Crippen MR) is 115 cm³/mol. The van der Waals surface area contributed by atoms with Gasteiger partial charge in [-0.05, 0) is 58.1 Å². The molecule has 0 aliphatic rings. The van der Waals surface area contributed by atoms with Crippen LogP contribution in [0.3, 0.4) is 0 Å². The van der Waals surface area contributed by atoms with E-state index in [9.17, 15) is 9.59 Å². The molecule has 0 saturated heterocycles. The van der Waals surface area contributed by atoms with Gasteiger partial charge in [-0.1, -0.05) is 42.5 Å². The van der Waals surface area contributed by atoms with E-state index in [0.717, 1.165) is 11.1 Å². The Morgan fingerprint density at radius 1 is 1.00 bits per heavy atom. The molecule has 2 aromatic carbocycles. The summed E-state index contributed by atoms with van der Waals surface area (Å²) in [6.45, 7) is 6.49. The van der Waals surface area contributed by atoms with Crippen LogP contribution in [0.25, 0.3) is 0 Å². The van der Waals surface area contributed by atoms with Gasteiger partial charge in [-0.15, -0.1) is 0 Å². The van der Waals surface area contributed by atoms with E-state index in [0.29, 0.717) is 18.7 Å². The lowest BCUT2D eigenvalue weighted by atomic mass is 10.1. The molecule has 29 heavy (non-hydrogen) atoms. The zero-order valence-electron chi connectivity index (χ0n) is 17.9. The molecule has 2 N–H and O–H groups in total. The average Bonchev–Trinajstić information content (AvgIpc) is 2.65. The quantitative estimate of drug-likeness (QED) is 0.747. The van der Waals surface area contributed by atoms with Gasteiger partial charge in [-0.25, -0.2) is 4.79 Å². The maximum atomic E-state index is 12.7. The highest BCUT2D eigenvalue weighted by Gasteiger charge is 2.17. The number of hydrogen-bond donors (Lipinski definition) is 2. The van der Waals surface area contributed by atoms with Crippen molar-refractivity contribution in [3.8, 4) is 0 Å². The molecule has 0 spiro atoms. The van der Waals surface area contributed by atoms with E-state index < -0.39 is 11.7 Å². The number of benzene rings is 2. The van der Waals surface area contributed by atoms with Crippen LogP contribution in [0.2, 0.25) is 0 Å². The van der Waals surface area contributed by atoms with Crippen LogP contribution in [-0.4, -0.2) is 43.1 Å². The molecule has 0 bridgehead atoms. The number of ether oxygens (including phenoxy) is 1. The summed E-state index contributed by atoms with van der Waals surface area (Å²) in [4.78, 5) is 26.5. The standard InChI is InChI=1S/C23H31N3O3/c1-23(2,3)29-22(28)24-15-17-11-13-19(14-12-17)21(27)25-20(16-26(4)5)18-9-7-6-8-10-18/h6-14,20H,15-16H2,1-5H3,(H,24,28)(H,25,27). The highest BCUT2D eigenvalue weighted by atomic mass is 16.6. The van der Waals surface area contributed by atoms with Crippen molar-refractivity contribution in [2.45, 2.75) is 39.0 Å². The van der Waals surface area contributed by atoms with Crippen molar-refractivity contribution < 1.29 is 14.3 Å².